The number of nitrogens with two attached hydrogens (primary N) is 1. The molecule has 18 heavy (non-hydrogen) atoms. The van der Waals surface area contributed by atoms with Gasteiger partial charge in [-0.2, -0.15) is 0 Å². The molecule has 2 aromatic carbocycles. The molecule has 0 bridgehead atoms. The largest absolute Gasteiger partial charge is 0.399 e. The Labute approximate surface area is 118 Å². The molecule has 0 saturated heterocycles. The normalized spacial score (nSPS) is 10.6. The fraction of sp³-hybridized carbons (Fsp3) is 0.200. The van der Waals surface area contributed by atoms with Gasteiger partial charge in [-0.1, -0.05) is 41.4 Å². The zero-order chi connectivity index (χ0) is 13.0. The lowest BCUT2D eigenvalue weighted by Crippen LogP contribution is -1.91. The van der Waals surface area contributed by atoms with E-state index < -0.39 is 0 Å². The number of halogens is 2. The summed E-state index contributed by atoms with van der Waals surface area (Å²) in [5.41, 5.74) is 8.99. The Morgan fingerprint density at radius 1 is 0.778 bits per heavy atom. The van der Waals surface area contributed by atoms with Crippen LogP contribution in [0.4, 0.5) is 5.69 Å². The van der Waals surface area contributed by atoms with Crippen LogP contribution in [0.2, 0.25) is 10.0 Å². The number of hydrogen-bond donors (Lipinski definition) is 1. The second kappa shape index (κ2) is 6.12. The Balaban J connectivity index is 1.88. The molecule has 0 unspecified atom stereocenters. The van der Waals surface area contributed by atoms with E-state index in [9.17, 15) is 0 Å². The number of benzene rings is 2. The van der Waals surface area contributed by atoms with Gasteiger partial charge in [-0.3, -0.25) is 0 Å². The Kier molecular flexibility index (Phi) is 4.51. The molecule has 0 atom stereocenters. The summed E-state index contributed by atoms with van der Waals surface area (Å²) in [5, 5.41) is 1.24. The molecule has 0 saturated carbocycles. The smallest absolute Gasteiger partial charge is 0.0595 e. The topological polar surface area (TPSA) is 26.0 Å². The van der Waals surface area contributed by atoms with Crippen LogP contribution < -0.4 is 5.73 Å². The van der Waals surface area contributed by atoms with E-state index in [1.54, 1.807) is 0 Å². The van der Waals surface area contributed by atoms with Crippen molar-refractivity contribution in [3.63, 3.8) is 0 Å². The van der Waals surface area contributed by atoms with Gasteiger partial charge in [0.2, 0.25) is 0 Å². The monoisotopic (exact) mass is 279 g/mol. The summed E-state index contributed by atoms with van der Waals surface area (Å²) >= 11 is 11.9. The first kappa shape index (κ1) is 13.3. The van der Waals surface area contributed by atoms with Crippen LogP contribution >= 0.6 is 23.2 Å². The third-order valence-corrected chi connectivity index (χ3v) is 3.63. The molecule has 0 aliphatic rings. The van der Waals surface area contributed by atoms with Crippen molar-refractivity contribution in [2.75, 3.05) is 5.73 Å². The number of hydrogen-bond acceptors (Lipinski definition) is 1. The summed E-state index contributed by atoms with van der Waals surface area (Å²) in [5.74, 6) is 0. The van der Waals surface area contributed by atoms with Crippen LogP contribution in [0.1, 0.15) is 17.5 Å². The lowest BCUT2D eigenvalue weighted by atomic mass is 10.0. The van der Waals surface area contributed by atoms with Gasteiger partial charge in [-0.05, 0) is 54.7 Å². The van der Waals surface area contributed by atoms with Gasteiger partial charge < -0.3 is 5.73 Å². The fourth-order valence-corrected chi connectivity index (χ4v) is 2.20. The fourth-order valence-electron chi connectivity index (χ4n) is 1.88. The molecule has 0 heterocycles. The molecule has 1 nitrogen and oxygen atoms in total. The Hall–Kier alpha value is -1.18. The Morgan fingerprint density at radius 2 is 1.39 bits per heavy atom. The van der Waals surface area contributed by atoms with E-state index in [-0.39, 0.29) is 0 Å². The molecule has 2 aromatic rings. The molecule has 94 valence electrons. The summed E-state index contributed by atoms with van der Waals surface area (Å²) in [6.07, 6.45) is 3.13. The van der Waals surface area contributed by atoms with Crippen molar-refractivity contribution in [1.82, 2.24) is 0 Å². The first-order valence-electron chi connectivity index (χ1n) is 5.93. The second-order valence-electron chi connectivity index (χ2n) is 4.34. The minimum absolute atomic E-state index is 0.610. The quantitative estimate of drug-likeness (QED) is 0.803. The van der Waals surface area contributed by atoms with E-state index in [4.69, 9.17) is 28.9 Å². The van der Waals surface area contributed by atoms with E-state index in [0.29, 0.717) is 10.0 Å². The third-order valence-electron chi connectivity index (χ3n) is 2.89. The minimum atomic E-state index is 0.610. The molecular formula is C15H15Cl2N. The number of aryl methyl sites for hydroxylation is 2. The predicted octanol–water partition coefficient (Wildman–Crippen LogP) is 4.75. The highest BCUT2D eigenvalue weighted by Gasteiger charge is 2.00. The van der Waals surface area contributed by atoms with Crippen molar-refractivity contribution in [3.8, 4) is 0 Å². The number of nitrogen functional groups attached to an aromatic ring is 1. The van der Waals surface area contributed by atoms with Crippen molar-refractivity contribution in [2.45, 2.75) is 19.3 Å². The van der Waals surface area contributed by atoms with Crippen LogP contribution in [-0.2, 0) is 12.8 Å². The molecule has 0 aliphatic carbocycles. The molecule has 0 fully saturated rings. The third kappa shape index (κ3) is 3.66. The van der Waals surface area contributed by atoms with E-state index in [1.807, 2.05) is 30.3 Å². The minimum Gasteiger partial charge on any atom is -0.399 e. The number of anilines is 1. The first-order valence-corrected chi connectivity index (χ1v) is 6.69. The van der Waals surface area contributed by atoms with Gasteiger partial charge in [0.25, 0.3) is 0 Å². The van der Waals surface area contributed by atoms with Gasteiger partial charge >= 0.3 is 0 Å². The van der Waals surface area contributed by atoms with Gasteiger partial charge in [-0.25, -0.2) is 0 Å². The van der Waals surface area contributed by atoms with Crippen LogP contribution in [0.5, 0.6) is 0 Å². The van der Waals surface area contributed by atoms with Crippen LogP contribution in [-0.4, -0.2) is 0 Å². The summed E-state index contributed by atoms with van der Waals surface area (Å²) in [6.45, 7) is 0. The average molecular weight is 280 g/mol. The van der Waals surface area contributed by atoms with Crippen molar-refractivity contribution in [3.05, 3.63) is 63.6 Å². The maximum atomic E-state index is 5.98. The summed E-state index contributed by atoms with van der Waals surface area (Å²) in [6, 6.07) is 13.8. The SMILES string of the molecule is Nc1ccc(CCCc2ccc(Cl)c(Cl)c2)cc1. The van der Waals surface area contributed by atoms with Crippen molar-refractivity contribution in [1.29, 1.82) is 0 Å². The van der Waals surface area contributed by atoms with Gasteiger partial charge in [0, 0.05) is 5.69 Å². The van der Waals surface area contributed by atoms with E-state index in [1.165, 1.54) is 11.1 Å². The number of rotatable bonds is 4. The molecule has 0 spiro atoms. The van der Waals surface area contributed by atoms with Gasteiger partial charge in [0.05, 0.1) is 10.0 Å². The van der Waals surface area contributed by atoms with Gasteiger partial charge in [0.15, 0.2) is 0 Å². The van der Waals surface area contributed by atoms with Crippen LogP contribution in [0.15, 0.2) is 42.5 Å². The lowest BCUT2D eigenvalue weighted by Gasteiger charge is -2.04. The Morgan fingerprint density at radius 3 is 2.06 bits per heavy atom. The van der Waals surface area contributed by atoms with Crippen LogP contribution in [0.3, 0.4) is 0 Å². The van der Waals surface area contributed by atoms with Gasteiger partial charge in [0.1, 0.15) is 0 Å². The van der Waals surface area contributed by atoms with Gasteiger partial charge in [-0.15, -0.1) is 0 Å². The molecular weight excluding hydrogens is 265 g/mol. The maximum Gasteiger partial charge on any atom is 0.0595 e. The first-order chi connectivity index (χ1) is 8.65. The van der Waals surface area contributed by atoms with Crippen molar-refractivity contribution < 1.29 is 0 Å². The zero-order valence-corrected chi connectivity index (χ0v) is 11.5. The van der Waals surface area contributed by atoms with Crippen LogP contribution in [0, 0.1) is 0 Å². The standard InChI is InChI=1S/C15H15Cl2N/c16-14-9-6-12(10-15(14)17)3-1-2-11-4-7-13(18)8-5-11/h4-10H,1-3,18H2. The average Bonchev–Trinajstić information content (AvgIpc) is 2.36. The second-order valence-corrected chi connectivity index (χ2v) is 5.16. The highest BCUT2D eigenvalue weighted by atomic mass is 35.5. The molecule has 2 N–H and O–H groups in total. The summed E-state index contributed by atoms with van der Waals surface area (Å²) in [4.78, 5) is 0. The highest BCUT2D eigenvalue weighted by Crippen LogP contribution is 2.23. The highest BCUT2D eigenvalue weighted by molar-refractivity contribution is 6.42. The maximum absolute atomic E-state index is 5.98. The molecule has 0 radical (unpaired) electrons. The lowest BCUT2D eigenvalue weighted by molar-refractivity contribution is 0.821. The molecule has 0 amide bonds. The zero-order valence-electron chi connectivity index (χ0n) is 10.00. The van der Waals surface area contributed by atoms with E-state index >= 15 is 0 Å². The van der Waals surface area contributed by atoms with Crippen molar-refractivity contribution >= 4 is 28.9 Å². The molecule has 2 rings (SSSR count). The van der Waals surface area contributed by atoms with E-state index in [2.05, 4.69) is 12.1 Å². The molecule has 3 heteroatoms. The molecule has 0 aliphatic heterocycles. The van der Waals surface area contributed by atoms with Crippen molar-refractivity contribution in [2.24, 2.45) is 0 Å². The van der Waals surface area contributed by atoms with E-state index in [0.717, 1.165) is 24.9 Å². The summed E-state index contributed by atoms with van der Waals surface area (Å²) < 4.78 is 0. The summed E-state index contributed by atoms with van der Waals surface area (Å²) in [7, 11) is 0. The molecule has 0 aromatic heterocycles. The Bertz CT molecular complexity index is 521. The van der Waals surface area contributed by atoms with Crippen LogP contribution in [0.25, 0.3) is 0 Å². The predicted molar refractivity (Wildman–Crippen MR) is 79.3 cm³/mol.